The van der Waals surface area contributed by atoms with Crippen LogP contribution in [0.2, 0.25) is 0 Å². The van der Waals surface area contributed by atoms with Crippen molar-refractivity contribution in [3.05, 3.63) is 46.9 Å². The van der Waals surface area contributed by atoms with Crippen molar-refractivity contribution < 1.29 is 4.79 Å². The maximum atomic E-state index is 12.4. The number of nitrogens with zero attached hydrogens (tertiary/aromatic N) is 3. The molecule has 1 aromatic carbocycles. The summed E-state index contributed by atoms with van der Waals surface area (Å²) in [6.45, 7) is 7.55. The van der Waals surface area contributed by atoms with Crippen molar-refractivity contribution in [3.63, 3.8) is 0 Å². The third-order valence-electron chi connectivity index (χ3n) is 3.57. The summed E-state index contributed by atoms with van der Waals surface area (Å²) in [6, 6.07) is 9.48. The maximum Gasteiger partial charge on any atom is 0.262 e. The number of aromatic amines is 1. The smallest absolute Gasteiger partial charge is 0.262 e. The molecule has 0 aliphatic rings. The molecule has 0 fully saturated rings. The molecule has 0 spiro atoms. The predicted octanol–water partition coefficient (Wildman–Crippen LogP) is 2.50. The van der Waals surface area contributed by atoms with Gasteiger partial charge in [0, 0.05) is 5.54 Å². The fourth-order valence-electron chi connectivity index (χ4n) is 2.40. The average molecular weight is 371 g/mol. The minimum absolute atomic E-state index is 0.109. The van der Waals surface area contributed by atoms with Crippen LogP contribution in [0.4, 0.5) is 0 Å². The summed E-state index contributed by atoms with van der Waals surface area (Å²) in [5.74, 6) is -0.109. The van der Waals surface area contributed by atoms with Crippen LogP contribution < -0.4 is 10.9 Å². The highest BCUT2D eigenvalue weighted by atomic mass is 32.2. The van der Waals surface area contributed by atoms with Crippen LogP contribution in [0, 0.1) is 0 Å². The molecule has 2 aromatic heterocycles. The van der Waals surface area contributed by atoms with E-state index in [1.165, 1.54) is 18.0 Å². The minimum Gasteiger partial charge on any atom is -0.351 e. The molecule has 136 valence electrons. The van der Waals surface area contributed by atoms with Gasteiger partial charge in [0.05, 0.1) is 17.1 Å². The molecule has 0 saturated heterocycles. The van der Waals surface area contributed by atoms with E-state index in [0.717, 1.165) is 5.69 Å². The van der Waals surface area contributed by atoms with Gasteiger partial charge in [-0.05, 0) is 39.8 Å². The van der Waals surface area contributed by atoms with Crippen LogP contribution in [0.1, 0.15) is 27.7 Å². The number of nitrogens with one attached hydrogen (secondary N) is 2. The number of thioether (sulfide) groups is 1. The Morgan fingerprint density at radius 3 is 2.62 bits per heavy atom. The lowest BCUT2D eigenvalue weighted by Crippen LogP contribution is -2.44. The van der Waals surface area contributed by atoms with E-state index >= 15 is 0 Å². The topological polar surface area (TPSA) is 92.7 Å². The molecule has 3 aromatic rings. The number of carbonyl (C=O) groups excluding carboxylic acids is 1. The predicted molar refractivity (Wildman–Crippen MR) is 103 cm³/mol. The van der Waals surface area contributed by atoms with Crippen LogP contribution in [-0.4, -0.2) is 36.4 Å². The molecule has 0 bridgehead atoms. The van der Waals surface area contributed by atoms with Crippen molar-refractivity contribution in [1.82, 2.24) is 25.1 Å². The van der Waals surface area contributed by atoms with Gasteiger partial charge in [-0.1, -0.05) is 30.0 Å². The number of aromatic nitrogens is 4. The zero-order chi connectivity index (χ0) is 18.9. The second kappa shape index (κ2) is 6.95. The molecule has 0 aliphatic heterocycles. The van der Waals surface area contributed by atoms with E-state index in [1.807, 2.05) is 51.1 Å². The monoisotopic (exact) mass is 371 g/mol. The summed E-state index contributed by atoms with van der Waals surface area (Å²) in [7, 11) is 0. The van der Waals surface area contributed by atoms with E-state index in [2.05, 4.69) is 20.4 Å². The number of benzene rings is 1. The van der Waals surface area contributed by atoms with Crippen molar-refractivity contribution >= 4 is 28.7 Å². The van der Waals surface area contributed by atoms with Gasteiger partial charge in [-0.15, -0.1) is 0 Å². The number of hydrogen-bond acceptors (Lipinski definition) is 5. The van der Waals surface area contributed by atoms with Gasteiger partial charge < -0.3 is 10.3 Å². The summed E-state index contributed by atoms with van der Waals surface area (Å²) in [6.07, 6.45) is 1.50. The second-order valence-electron chi connectivity index (χ2n) is 7.00. The third-order valence-corrected chi connectivity index (χ3v) is 4.56. The fraction of sp³-hybridized carbons (Fsp3) is 0.333. The third kappa shape index (κ3) is 3.96. The number of carbonyl (C=O) groups is 1. The van der Waals surface area contributed by atoms with E-state index in [9.17, 15) is 9.59 Å². The summed E-state index contributed by atoms with van der Waals surface area (Å²) in [5.41, 5.74) is 0.687. The Morgan fingerprint density at radius 2 is 1.96 bits per heavy atom. The van der Waals surface area contributed by atoms with Gasteiger partial charge in [-0.3, -0.25) is 9.59 Å². The van der Waals surface area contributed by atoms with Crippen LogP contribution in [-0.2, 0) is 4.79 Å². The SMILES string of the molecule is C[C@H](Sc1nc2c(cnn2-c2ccccc2)c(=O)[nH]1)C(=O)NC(C)(C)C. The second-order valence-corrected chi connectivity index (χ2v) is 8.33. The van der Waals surface area contributed by atoms with E-state index in [1.54, 1.807) is 11.6 Å². The molecule has 0 saturated carbocycles. The molecule has 0 unspecified atom stereocenters. The molecule has 1 atom stereocenters. The Bertz CT molecular complexity index is 988. The molecular weight excluding hydrogens is 350 g/mol. The van der Waals surface area contributed by atoms with Gasteiger partial charge in [-0.25, -0.2) is 9.67 Å². The van der Waals surface area contributed by atoms with Crippen molar-refractivity contribution in [1.29, 1.82) is 0 Å². The lowest BCUT2D eigenvalue weighted by atomic mass is 10.1. The molecule has 2 N–H and O–H groups in total. The first-order valence-electron chi connectivity index (χ1n) is 8.27. The number of para-hydroxylation sites is 1. The van der Waals surface area contributed by atoms with E-state index in [-0.39, 0.29) is 17.0 Å². The summed E-state index contributed by atoms with van der Waals surface area (Å²) >= 11 is 1.21. The number of fused-ring (bicyclic) bond motifs is 1. The van der Waals surface area contributed by atoms with Crippen LogP contribution in [0.5, 0.6) is 0 Å². The van der Waals surface area contributed by atoms with Crippen LogP contribution >= 0.6 is 11.8 Å². The minimum atomic E-state index is -0.400. The van der Waals surface area contributed by atoms with Crippen LogP contribution in [0.25, 0.3) is 16.7 Å². The zero-order valence-corrected chi connectivity index (χ0v) is 15.9. The van der Waals surface area contributed by atoms with E-state index in [4.69, 9.17) is 0 Å². The Kier molecular flexibility index (Phi) is 4.86. The lowest BCUT2D eigenvalue weighted by molar-refractivity contribution is -0.121. The number of rotatable bonds is 4. The van der Waals surface area contributed by atoms with Gasteiger partial charge in [0.1, 0.15) is 5.39 Å². The summed E-state index contributed by atoms with van der Waals surface area (Å²) < 4.78 is 1.62. The first kappa shape index (κ1) is 18.2. The molecule has 3 rings (SSSR count). The Balaban J connectivity index is 1.93. The van der Waals surface area contributed by atoms with Crippen molar-refractivity contribution in [2.75, 3.05) is 0 Å². The van der Waals surface area contributed by atoms with Gasteiger partial charge in [-0.2, -0.15) is 5.10 Å². The highest BCUT2D eigenvalue weighted by Crippen LogP contribution is 2.22. The largest absolute Gasteiger partial charge is 0.351 e. The number of amides is 1. The number of H-pyrrole nitrogens is 1. The molecule has 0 aliphatic carbocycles. The Hall–Kier alpha value is -2.61. The quantitative estimate of drug-likeness (QED) is 0.543. The van der Waals surface area contributed by atoms with Crippen LogP contribution in [0.3, 0.4) is 0 Å². The standard InChI is InChI=1S/C18H21N5O2S/c1-11(15(24)22-18(2,3)4)26-17-20-14-13(16(25)21-17)10-19-23(14)12-8-6-5-7-9-12/h5-11H,1-4H3,(H,22,24)(H,20,21,25)/t11-/m0/s1. The van der Waals surface area contributed by atoms with Crippen LogP contribution in [0.15, 0.2) is 46.5 Å². The van der Waals surface area contributed by atoms with Gasteiger partial charge in [0.2, 0.25) is 5.91 Å². The van der Waals surface area contributed by atoms with E-state index < -0.39 is 5.25 Å². The van der Waals surface area contributed by atoms with Crippen molar-refractivity contribution in [2.24, 2.45) is 0 Å². The summed E-state index contributed by atoms with van der Waals surface area (Å²) in [5, 5.41) is 7.60. The molecular formula is C18H21N5O2S. The first-order chi connectivity index (χ1) is 12.2. The first-order valence-corrected chi connectivity index (χ1v) is 9.15. The lowest BCUT2D eigenvalue weighted by Gasteiger charge is -2.22. The maximum absolute atomic E-state index is 12.4. The molecule has 26 heavy (non-hydrogen) atoms. The summed E-state index contributed by atoms with van der Waals surface area (Å²) in [4.78, 5) is 31.9. The molecule has 1 amide bonds. The molecule has 0 radical (unpaired) electrons. The number of hydrogen-bond donors (Lipinski definition) is 2. The highest BCUT2D eigenvalue weighted by molar-refractivity contribution is 8.00. The zero-order valence-electron chi connectivity index (χ0n) is 15.1. The molecule has 7 nitrogen and oxygen atoms in total. The molecule has 2 heterocycles. The average Bonchev–Trinajstić information content (AvgIpc) is 2.98. The highest BCUT2D eigenvalue weighted by Gasteiger charge is 2.21. The Labute approximate surface area is 155 Å². The normalized spacial score (nSPS) is 12.9. The molecule has 8 heteroatoms. The van der Waals surface area contributed by atoms with Gasteiger partial charge in [0.15, 0.2) is 10.8 Å². The Morgan fingerprint density at radius 1 is 1.27 bits per heavy atom. The van der Waals surface area contributed by atoms with Crippen molar-refractivity contribution in [2.45, 2.75) is 43.6 Å². The fourth-order valence-corrected chi connectivity index (χ4v) is 3.20. The van der Waals surface area contributed by atoms with E-state index in [0.29, 0.717) is 16.2 Å². The van der Waals surface area contributed by atoms with Gasteiger partial charge >= 0.3 is 0 Å². The van der Waals surface area contributed by atoms with Crippen molar-refractivity contribution in [3.8, 4) is 5.69 Å². The van der Waals surface area contributed by atoms with Gasteiger partial charge in [0.25, 0.3) is 5.56 Å².